The normalized spacial score (nSPS) is 10.7. The first-order valence-electron chi connectivity index (χ1n) is 5.85. The van der Waals surface area contributed by atoms with Crippen molar-refractivity contribution < 1.29 is 19.0 Å². The molecule has 0 aliphatic heterocycles. The number of carbonyl (C=O) groups is 1. The van der Waals surface area contributed by atoms with Gasteiger partial charge in [-0.3, -0.25) is 0 Å². The van der Waals surface area contributed by atoms with E-state index in [1.54, 1.807) is 25.1 Å². The lowest BCUT2D eigenvalue weighted by molar-refractivity contribution is -0.131. The first-order valence-corrected chi connectivity index (χ1v) is 5.85. The van der Waals surface area contributed by atoms with Crippen LogP contribution in [0, 0.1) is 12.7 Å². The molecule has 0 saturated heterocycles. The number of carboxylic acid groups (broad SMARTS) is 1. The highest BCUT2D eigenvalue weighted by Gasteiger charge is 2.04. The number of hydrogen-bond donors (Lipinski definition) is 1. The summed E-state index contributed by atoms with van der Waals surface area (Å²) >= 11 is 0. The van der Waals surface area contributed by atoms with E-state index < -0.39 is 5.97 Å². The van der Waals surface area contributed by atoms with Crippen molar-refractivity contribution in [2.75, 3.05) is 0 Å². The standard InChI is InChI=1S/C15H12FNO3/c1-10-7-11(5-6-14(18)19)9-17-15(10)20-13-4-2-3-12(16)8-13/h2-9H,1H3,(H,18,19)/b6-5+. The van der Waals surface area contributed by atoms with Gasteiger partial charge in [-0.25, -0.2) is 14.2 Å². The molecule has 20 heavy (non-hydrogen) atoms. The number of carboxylic acids is 1. The van der Waals surface area contributed by atoms with Gasteiger partial charge in [0, 0.05) is 23.9 Å². The SMILES string of the molecule is Cc1cc(/C=C/C(=O)O)cnc1Oc1cccc(F)c1. The third-order valence-electron chi connectivity index (χ3n) is 2.48. The monoisotopic (exact) mass is 273 g/mol. The van der Waals surface area contributed by atoms with Gasteiger partial charge in [0.05, 0.1) is 0 Å². The average molecular weight is 273 g/mol. The predicted octanol–water partition coefficient (Wildman–Crippen LogP) is 3.42. The second-order valence-electron chi connectivity index (χ2n) is 4.12. The molecule has 2 rings (SSSR count). The number of rotatable bonds is 4. The summed E-state index contributed by atoms with van der Waals surface area (Å²) in [7, 11) is 0. The van der Waals surface area contributed by atoms with Crippen LogP contribution < -0.4 is 4.74 Å². The minimum Gasteiger partial charge on any atom is -0.478 e. The third kappa shape index (κ3) is 3.65. The highest BCUT2D eigenvalue weighted by atomic mass is 19.1. The number of benzene rings is 1. The van der Waals surface area contributed by atoms with Gasteiger partial charge in [0.2, 0.25) is 5.88 Å². The van der Waals surface area contributed by atoms with Crippen molar-refractivity contribution in [2.45, 2.75) is 6.92 Å². The Morgan fingerprint density at radius 3 is 2.85 bits per heavy atom. The van der Waals surface area contributed by atoms with Crippen LogP contribution in [0.15, 0.2) is 42.6 Å². The maximum atomic E-state index is 13.0. The second kappa shape index (κ2) is 5.97. The van der Waals surface area contributed by atoms with Crippen molar-refractivity contribution >= 4 is 12.0 Å². The average Bonchev–Trinajstić information content (AvgIpc) is 2.39. The molecule has 0 unspecified atom stereocenters. The molecule has 0 fully saturated rings. The maximum Gasteiger partial charge on any atom is 0.328 e. The molecule has 1 heterocycles. The predicted molar refractivity (Wildman–Crippen MR) is 72.1 cm³/mol. The summed E-state index contributed by atoms with van der Waals surface area (Å²) in [5.74, 6) is -0.707. The smallest absolute Gasteiger partial charge is 0.328 e. The number of nitrogens with zero attached hydrogens (tertiary/aromatic N) is 1. The molecule has 0 amide bonds. The van der Waals surface area contributed by atoms with E-state index >= 15 is 0 Å². The van der Waals surface area contributed by atoms with Gasteiger partial charge in [0.15, 0.2) is 0 Å². The number of aryl methyl sites for hydroxylation is 1. The maximum absolute atomic E-state index is 13.0. The van der Waals surface area contributed by atoms with Crippen molar-refractivity contribution in [1.29, 1.82) is 0 Å². The quantitative estimate of drug-likeness (QED) is 0.867. The van der Waals surface area contributed by atoms with E-state index in [0.29, 0.717) is 17.2 Å². The fourth-order valence-electron chi connectivity index (χ4n) is 1.59. The topological polar surface area (TPSA) is 59.4 Å². The number of pyridine rings is 1. The van der Waals surface area contributed by atoms with Crippen molar-refractivity contribution in [3.05, 3.63) is 59.5 Å². The van der Waals surface area contributed by atoms with Crippen molar-refractivity contribution in [2.24, 2.45) is 0 Å². The zero-order chi connectivity index (χ0) is 14.5. The highest BCUT2D eigenvalue weighted by Crippen LogP contribution is 2.23. The van der Waals surface area contributed by atoms with Crippen LogP contribution in [0.3, 0.4) is 0 Å². The van der Waals surface area contributed by atoms with Gasteiger partial charge in [-0.15, -0.1) is 0 Å². The molecule has 1 aromatic heterocycles. The van der Waals surface area contributed by atoms with E-state index in [0.717, 1.165) is 11.6 Å². The molecule has 4 nitrogen and oxygen atoms in total. The van der Waals surface area contributed by atoms with Crippen LogP contribution >= 0.6 is 0 Å². The Balaban J connectivity index is 2.20. The van der Waals surface area contributed by atoms with Crippen LogP contribution in [0.5, 0.6) is 11.6 Å². The molecule has 0 atom stereocenters. The van der Waals surface area contributed by atoms with Crippen LogP contribution in [-0.4, -0.2) is 16.1 Å². The fourth-order valence-corrected chi connectivity index (χ4v) is 1.59. The first kappa shape index (κ1) is 13.7. The minimum atomic E-state index is -1.03. The lowest BCUT2D eigenvalue weighted by atomic mass is 10.2. The Morgan fingerprint density at radius 2 is 2.20 bits per heavy atom. The van der Waals surface area contributed by atoms with Crippen LogP contribution in [0.2, 0.25) is 0 Å². The molecule has 0 spiro atoms. The number of hydrogen-bond acceptors (Lipinski definition) is 3. The summed E-state index contributed by atoms with van der Waals surface area (Å²) in [6.45, 7) is 1.78. The molecular formula is C15H12FNO3. The Kier molecular flexibility index (Phi) is 4.10. The molecule has 0 bridgehead atoms. The van der Waals surface area contributed by atoms with Gasteiger partial charge < -0.3 is 9.84 Å². The van der Waals surface area contributed by atoms with E-state index in [4.69, 9.17) is 9.84 Å². The number of aromatic nitrogens is 1. The fraction of sp³-hybridized carbons (Fsp3) is 0.0667. The molecular weight excluding hydrogens is 261 g/mol. The summed E-state index contributed by atoms with van der Waals surface area (Å²) in [6.07, 6.45) is 3.96. The molecule has 2 aromatic rings. The summed E-state index contributed by atoms with van der Waals surface area (Å²) in [5.41, 5.74) is 1.37. The van der Waals surface area contributed by atoms with Crippen molar-refractivity contribution in [3.63, 3.8) is 0 Å². The van der Waals surface area contributed by atoms with Crippen molar-refractivity contribution in [3.8, 4) is 11.6 Å². The molecule has 1 N–H and O–H groups in total. The lowest BCUT2D eigenvalue weighted by Gasteiger charge is -2.08. The van der Waals surface area contributed by atoms with Gasteiger partial charge in [-0.05, 0) is 36.8 Å². The Bertz CT molecular complexity index is 668. The van der Waals surface area contributed by atoms with E-state index in [1.165, 1.54) is 24.4 Å². The largest absolute Gasteiger partial charge is 0.478 e. The van der Waals surface area contributed by atoms with E-state index in [2.05, 4.69) is 4.98 Å². The number of ether oxygens (including phenoxy) is 1. The Morgan fingerprint density at radius 1 is 1.40 bits per heavy atom. The Labute approximate surface area is 115 Å². The Hall–Kier alpha value is -2.69. The van der Waals surface area contributed by atoms with Crippen LogP contribution in [0.4, 0.5) is 4.39 Å². The molecule has 0 aliphatic carbocycles. The van der Waals surface area contributed by atoms with Crippen LogP contribution in [0.1, 0.15) is 11.1 Å². The van der Waals surface area contributed by atoms with Gasteiger partial charge in [-0.2, -0.15) is 0 Å². The summed E-state index contributed by atoms with van der Waals surface area (Å²) in [4.78, 5) is 14.5. The van der Waals surface area contributed by atoms with E-state index in [-0.39, 0.29) is 5.82 Å². The summed E-state index contributed by atoms with van der Waals surface area (Å²) in [6, 6.07) is 7.50. The molecule has 102 valence electrons. The van der Waals surface area contributed by atoms with E-state index in [1.807, 2.05) is 0 Å². The molecule has 1 aromatic carbocycles. The summed E-state index contributed by atoms with van der Waals surface area (Å²) < 4.78 is 18.5. The number of aliphatic carboxylic acids is 1. The van der Waals surface area contributed by atoms with Gasteiger partial charge in [-0.1, -0.05) is 6.07 Å². The second-order valence-corrected chi connectivity index (χ2v) is 4.12. The van der Waals surface area contributed by atoms with Crippen LogP contribution in [0.25, 0.3) is 6.08 Å². The van der Waals surface area contributed by atoms with E-state index in [9.17, 15) is 9.18 Å². The highest BCUT2D eigenvalue weighted by molar-refractivity contribution is 5.85. The molecule has 0 radical (unpaired) electrons. The minimum absolute atomic E-state index is 0.350. The zero-order valence-corrected chi connectivity index (χ0v) is 10.7. The third-order valence-corrected chi connectivity index (χ3v) is 2.48. The van der Waals surface area contributed by atoms with Gasteiger partial charge in [0.1, 0.15) is 11.6 Å². The zero-order valence-electron chi connectivity index (χ0n) is 10.7. The summed E-state index contributed by atoms with van der Waals surface area (Å²) in [5, 5.41) is 8.55. The molecule has 0 saturated carbocycles. The number of halogens is 1. The van der Waals surface area contributed by atoms with Gasteiger partial charge in [0.25, 0.3) is 0 Å². The van der Waals surface area contributed by atoms with Crippen LogP contribution in [-0.2, 0) is 4.79 Å². The van der Waals surface area contributed by atoms with Gasteiger partial charge >= 0.3 is 5.97 Å². The molecule has 5 heteroatoms. The first-order chi connectivity index (χ1) is 9.54. The molecule has 0 aliphatic rings. The lowest BCUT2D eigenvalue weighted by Crippen LogP contribution is -1.93. The van der Waals surface area contributed by atoms with Crippen molar-refractivity contribution in [1.82, 2.24) is 4.98 Å².